The molecule has 1 fully saturated rings. The molecule has 122 valence electrons. The zero-order valence-electron chi connectivity index (χ0n) is 11.8. The molecular formula is C13H16BrFN2O4S. The summed E-state index contributed by atoms with van der Waals surface area (Å²) in [5.74, 6) is -0.406. The van der Waals surface area contributed by atoms with Gasteiger partial charge in [-0.15, -0.1) is 0 Å². The van der Waals surface area contributed by atoms with Gasteiger partial charge in [0.1, 0.15) is 5.82 Å². The molecule has 1 aromatic carbocycles. The van der Waals surface area contributed by atoms with Crippen LogP contribution in [0.15, 0.2) is 22.7 Å². The summed E-state index contributed by atoms with van der Waals surface area (Å²) < 4.78 is 38.9. The van der Waals surface area contributed by atoms with Crippen LogP contribution in [0, 0.1) is 5.82 Å². The average Bonchev–Trinajstić information content (AvgIpc) is 2.75. The number of carbonyl (C=O) groups is 1. The number of likely N-dealkylation sites (tertiary alicyclic amines) is 1. The van der Waals surface area contributed by atoms with Crippen LogP contribution in [-0.2, 0) is 16.4 Å². The Kier molecular flexibility index (Phi) is 5.08. The van der Waals surface area contributed by atoms with Crippen LogP contribution in [0.2, 0.25) is 0 Å². The molecule has 1 aliphatic heterocycles. The van der Waals surface area contributed by atoms with Gasteiger partial charge in [0.05, 0.1) is 16.8 Å². The number of nitrogens with zero attached hydrogens (tertiary/aromatic N) is 1. The van der Waals surface area contributed by atoms with Gasteiger partial charge in [-0.1, -0.05) is 6.07 Å². The van der Waals surface area contributed by atoms with E-state index in [1.54, 1.807) is 12.1 Å². The van der Waals surface area contributed by atoms with Crippen LogP contribution in [0.25, 0.3) is 0 Å². The maximum atomic E-state index is 13.3. The number of halogens is 2. The molecule has 2 N–H and O–H groups in total. The number of sulfonamides is 1. The maximum Gasteiger partial charge on any atom is 0.407 e. The zero-order chi connectivity index (χ0) is 16.5. The van der Waals surface area contributed by atoms with Gasteiger partial charge in [0.15, 0.2) is 0 Å². The molecule has 0 bridgehead atoms. The Morgan fingerprint density at radius 1 is 1.55 bits per heavy atom. The summed E-state index contributed by atoms with van der Waals surface area (Å²) in [5, 5.41) is 9.26. The third-order valence-electron chi connectivity index (χ3n) is 3.59. The van der Waals surface area contributed by atoms with Gasteiger partial charge in [-0.25, -0.2) is 22.3 Å². The number of benzene rings is 1. The van der Waals surface area contributed by atoms with Gasteiger partial charge in [-0.05, 0) is 46.5 Å². The summed E-state index contributed by atoms with van der Waals surface area (Å²) in [5.41, 5.74) is 0.728. The number of carboxylic acid groups (broad SMARTS) is 1. The molecule has 1 aromatic rings. The fourth-order valence-corrected chi connectivity index (χ4v) is 3.92. The van der Waals surface area contributed by atoms with E-state index in [0.717, 1.165) is 11.8 Å². The lowest BCUT2D eigenvalue weighted by Gasteiger charge is -2.26. The van der Waals surface area contributed by atoms with E-state index in [0.29, 0.717) is 12.8 Å². The first-order valence-electron chi connectivity index (χ1n) is 6.58. The lowest BCUT2D eigenvalue weighted by Crippen LogP contribution is -2.47. The summed E-state index contributed by atoms with van der Waals surface area (Å²) in [6.45, 7) is 0.259. The molecule has 1 aliphatic rings. The van der Waals surface area contributed by atoms with E-state index in [-0.39, 0.29) is 11.0 Å². The second-order valence-electron chi connectivity index (χ2n) is 5.28. The maximum absolute atomic E-state index is 13.3. The van der Waals surface area contributed by atoms with Gasteiger partial charge < -0.3 is 10.0 Å². The SMILES string of the molecule is CS(=O)(=O)N[C@@H]1CCN(C(=O)O)[C@@H]1Cc1ccc(F)c(Br)c1. The number of hydrogen-bond acceptors (Lipinski definition) is 3. The molecular weight excluding hydrogens is 379 g/mol. The van der Waals surface area contributed by atoms with Gasteiger partial charge >= 0.3 is 6.09 Å². The van der Waals surface area contributed by atoms with E-state index in [9.17, 15) is 22.7 Å². The van der Waals surface area contributed by atoms with E-state index >= 15 is 0 Å². The molecule has 6 nitrogen and oxygen atoms in total. The van der Waals surface area contributed by atoms with Crippen LogP contribution in [0.4, 0.5) is 9.18 Å². The summed E-state index contributed by atoms with van der Waals surface area (Å²) >= 11 is 3.09. The first kappa shape index (κ1) is 17.2. The van der Waals surface area contributed by atoms with Crippen molar-refractivity contribution in [1.29, 1.82) is 0 Å². The Hall–Kier alpha value is -1.19. The highest BCUT2D eigenvalue weighted by atomic mass is 79.9. The van der Waals surface area contributed by atoms with Gasteiger partial charge in [-0.3, -0.25) is 0 Å². The third kappa shape index (κ3) is 4.17. The molecule has 0 spiro atoms. The Morgan fingerprint density at radius 3 is 2.77 bits per heavy atom. The first-order chi connectivity index (χ1) is 10.2. The lowest BCUT2D eigenvalue weighted by molar-refractivity contribution is 0.137. The van der Waals surface area contributed by atoms with Crippen molar-refractivity contribution >= 4 is 32.0 Å². The second-order valence-corrected chi connectivity index (χ2v) is 7.92. The number of rotatable bonds is 4. The highest BCUT2D eigenvalue weighted by Crippen LogP contribution is 2.25. The Bertz CT molecular complexity index is 683. The molecule has 1 heterocycles. The average molecular weight is 395 g/mol. The minimum Gasteiger partial charge on any atom is -0.465 e. The highest BCUT2D eigenvalue weighted by Gasteiger charge is 2.38. The molecule has 1 saturated heterocycles. The second kappa shape index (κ2) is 6.51. The first-order valence-corrected chi connectivity index (χ1v) is 9.26. The van der Waals surface area contributed by atoms with Gasteiger partial charge in [-0.2, -0.15) is 0 Å². The summed E-state index contributed by atoms with van der Waals surface area (Å²) in [4.78, 5) is 12.5. The van der Waals surface area contributed by atoms with Gasteiger partial charge in [0.25, 0.3) is 0 Å². The van der Waals surface area contributed by atoms with Crippen LogP contribution in [0.3, 0.4) is 0 Å². The predicted molar refractivity (Wildman–Crippen MR) is 82.7 cm³/mol. The fourth-order valence-electron chi connectivity index (χ4n) is 2.66. The third-order valence-corrected chi connectivity index (χ3v) is 4.92. The smallest absolute Gasteiger partial charge is 0.407 e. The van der Waals surface area contributed by atoms with Crippen LogP contribution in [-0.4, -0.2) is 49.4 Å². The van der Waals surface area contributed by atoms with E-state index < -0.39 is 34.0 Å². The number of hydrogen-bond donors (Lipinski definition) is 2. The molecule has 0 saturated carbocycles. The molecule has 1 amide bonds. The lowest BCUT2D eigenvalue weighted by atomic mass is 10.0. The molecule has 0 unspecified atom stereocenters. The van der Waals surface area contributed by atoms with Gasteiger partial charge in [0, 0.05) is 12.6 Å². The number of amides is 1. The van der Waals surface area contributed by atoms with Crippen molar-refractivity contribution in [3.8, 4) is 0 Å². The van der Waals surface area contributed by atoms with Crippen molar-refractivity contribution in [2.75, 3.05) is 12.8 Å². The van der Waals surface area contributed by atoms with Crippen LogP contribution in [0.1, 0.15) is 12.0 Å². The minimum absolute atomic E-state index is 0.259. The molecule has 0 aromatic heterocycles. The minimum atomic E-state index is -3.44. The number of nitrogens with one attached hydrogen (secondary N) is 1. The summed E-state index contributed by atoms with van der Waals surface area (Å²) in [6, 6.07) is 3.42. The summed E-state index contributed by atoms with van der Waals surface area (Å²) in [7, 11) is -3.44. The van der Waals surface area contributed by atoms with Crippen LogP contribution < -0.4 is 4.72 Å². The van der Waals surface area contributed by atoms with Gasteiger partial charge in [0.2, 0.25) is 10.0 Å². The van der Waals surface area contributed by atoms with Crippen molar-refractivity contribution < 1.29 is 22.7 Å². The molecule has 2 atom stereocenters. The normalized spacial score (nSPS) is 22.0. The van der Waals surface area contributed by atoms with Crippen molar-refractivity contribution in [2.24, 2.45) is 0 Å². The van der Waals surface area contributed by atoms with Crippen LogP contribution >= 0.6 is 15.9 Å². The Labute approximate surface area is 136 Å². The van der Waals surface area contributed by atoms with E-state index in [1.165, 1.54) is 11.0 Å². The van der Waals surface area contributed by atoms with Crippen molar-refractivity contribution in [3.05, 3.63) is 34.1 Å². The molecule has 0 radical (unpaired) electrons. The van der Waals surface area contributed by atoms with Crippen molar-refractivity contribution in [2.45, 2.75) is 24.9 Å². The topological polar surface area (TPSA) is 86.7 Å². The van der Waals surface area contributed by atoms with Crippen molar-refractivity contribution in [1.82, 2.24) is 9.62 Å². The molecule has 22 heavy (non-hydrogen) atoms. The Morgan fingerprint density at radius 2 is 2.23 bits per heavy atom. The molecule has 9 heteroatoms. The quantitative estimate of drug-likeness (QED) is 0.814. The standard InChI is InChI=1S/C13H16BrFN2O4S/c1-22(20,21)16-11-4-5-17(13(18)19)12(11)7-8-2-3-10(15)9(14)6-8/h2-3,6,11-12,16H,4-5,7H2,1H3,(H,18,19)/t11-,12-/m1/s1. The fraction of sp³-hybridized carbons (Fsp3) is 0.462. The zero-order valence-corrected chi connectivity index (χ0v) is 14.2. The molecule has 2 rings (SSSR count). The largest absolute Gasteiger partial charge is 0.465 e. The van der Waals surface area contributed by atoms with Crippen LogP contribution in [0.5, 0.6) is 0 Å². The Balaban J connectivity index is 2.24. The van der Waals surface area contributed by atoms with Crippen molar-refractivity contribution in [3.63, 3.8) is 0 Å². The monoisotopic (exact) mass is 394 g/mol. The molecule has 0 aliphatic carbocycles. The van der Waals surface area contributed by atoms with E-state index in [4.69, 9.17) is 0 Å². The summed E-state index contributed by atoms with van der Waals surface area (Å²) in [6.07, 6.45) is 0.663. The highest BCUT2D eigenvalue weighted by molar-refractivity contribution is 9.10. The van der Waals surface area contributed by atoms with E-state index in [2.05, 4.69) is 20.7 Å². The predicted octanol–water partition coefficient (Wildman–Crippen LogP) is 1.80. The van der Waals surface area contributed by atoms with E-state index in [1.807, 2.05) is 0 Å².